The van der Waals surface area contributed by atoms with Crippen molar-refractivity contribution in [1.29, 1.82) is 0 Å². The van der Waals surface area contributed by atoms with Crippen LogP contribution in [0.2, 0.25) is 0 Å². The first-order valence-corrected chi connectivity index (χ1v) is 17.3. The molecule has 0 N–H and O–H groups in total. The highest BCUT2D eigenvalue weighted by atomic mass is 16.7. The van der Waals surface area contributed by atoms with Crippen molar-refractivity contribution < 1.29 is 28.5 Å². The molecule has 4 atom stereocenters. The van der Waals surface area contributed by atoms with E-state index in [-0.39, 0.29) is 24.1 Å². The Balaban J connectivity index is 1.44. The molecule has 0 unspecified atom stereocenters. The van der Waals surface area contributed by atoms with Crippen LogP contribution in [0.3, 0.4) is 0 Å². The van der Waals surface area contributed by atoms with Crippen LogP contribution in [0.15, 0.2) is 0 Å². The lowest BCUT2D eigenvalue weighted by Crippen LogP contribution is -2.35. The van der Waals surface area contributed by atoms with E-state index in [0.29, 0.717) is 26.1 Å². The fourth-order valence-corrected chi connectivity index (χ4v) is 5.95. The van der Waals surface area contributed by atoms with Crippen LogP contribution in [0.5, 0.6) is 0 Å². The number of fused-ring (bicyclic) bond motifs is 1. The maximum absolute atomic E-state index is 12.4. The fourth-order valence-electron chi connectivity index (χ4n) is 5.95. The molecule has 2 aliphatic heterocycles. The van der Waals surface area contributed by atoms with Gasteiger partial charge in [-0.25, -0.2) is 0 Å². The summed E-state index contributed by atoms with van der Waals surface area (Å²) in [5, 5.41) is 0. The second kappa shape index (κ2) is 23.4. The summed E-state index contributed by atoms with van der Waals surface area (Å²) in [5.74, 6) is -0.351. The van der Waals surface area contributed by atoms with Gasteiger partial charge in [0.05, 0.1) is 13.2 Å². The van der Waals surface area contributed by atoms with Crippen LogP contribution >= 0.6 is 0 Å². The SMILES string of the molecule is CCCCCCCCCCCCCC(=O)O[C@H]1CO[C@H]2[C@@H]1OC[C@H]2OC(=O)CCCCCCCCCCCCC. The molecule has 6 heteroatoms. The highest BCUT2D eigenvalue weighted by Crippen LogP contribution is 2.31. The van der Waals surface area contributed by atoms with E-state index in [4.69, 9.17) is 18.9 Å². The molecule has 0 amide bonds. The Morgan fingerprint density at radius 3 is 1.05 bits per heavy atom. The van der Waals surface area contributed by atoms with Crippen molar-refractivity contribution in [3.8, 4) is 0 Å². The van der Waals surface area contributed by atoms with Gasteiger partial charge in [0.25, 0.3) is 0 Å². The van der Waals surface area contributed by atoms with Gasteiger partial charge in [0.2, 0.25) is 0 Å². The van der Waals surface area contributed by atoms with E-state index in [1.54, 1.807) is 0 Å². The zero-order valence-corrected chi connectivity index (χ0v) is 26.1. The van der Waals surface area contributed by atoms with Crippen molar-refractivity contribution in [3.05, 3.63) is 0 Å². The summed E-state index contributed by atoms with van der Waals surface area (Å²) in [4.78, 5) is 24.7. The molecular weight excluding hydrogens is 504 g/mol. The fraction of sp³-hybridized carbons (Fsp3) is 0.941. The molecule has 2 heterocycles. The smallest absolute Gasteiger partial charge is 0.306 e. The first kappa shape index (κ1) is 35.1. The minimum atomic E-state index is -0.402. The monoisotopic (exact) mass is 566 g/mol. The van der Waals surface area contributed by atoms with Crippen molar-refractivity contribution in [1.82, 2.24) is 0 Å². The molecule has 2 fully saturated rings. The van der Waals surface area contributed by atoms with Crippen molar-refractivity contribution >= 4 is 11.9 Å². The average Bonchev–Trinajstić information content (AvgIpc) is 3.53. The van der Waals surface area contributed by atoms with Gasteiger partial charge >= 0.3 is 11.9 Å². The number of unbranched alkanes of at least 4 members (excludes halogenated alkanes) is 20. The topological polar surface area (TPSA) is 71.1 Å². The predicted octanol–water partition coefficient (Wildman–Crippen LogP) is 9.01. The van der Waals surface area contributed by atoms with Crippen LogP contribution in [-0.2, 0) is 28.5 Å². The number of ether oxygens (including phenoxy) is 4. The number of carbonyl (C=O) groups excluding carboxylic acids is 2. The molecule has 40 heavy (non-hydrogen) atoms. The van der Waals surface area contributed by atoms with Gasteiger partial charge in [-0.1, -0.05) is 142 Å². The minimum Gasteiger partial charge on any atom is -0.457 e. The Hall–Kier alpha value is -1.14. The molecule has 0 radical (unpaired) electrons. The van der Waals surface area contributed by atoms with Crippen LogP contribution in [0, 0.1) is 0 Å². The van der Waals surface area contributed by atoms with Gasteiger partial charge in [0.1, 0.15) is 12.2 Å². The normalized spacial score (nSPS) is 21.9. The molecule has 0 saturated carbocycles. The maximum atomic E-state index is 12.4. The summed E-state index contributed by atoms with van der Waals surface area (Å²) in [6.07, 6.45) is 27.1. The van der Waals surface area contributed by atoms with Crippen LogP contribution in [-0.4, -0.2) is 49.6 Å². The largest absolute Gasteiger partial charge is 0.457 e. The Morgan fingerprint density at radius 1 is 0.475 bits per heavy atom. The molecule has 0 aliphatic carbocycles. The molecule has 0 aromatic rings. The highest BCUT2D eigenvalue weighted by molar-refractivity contribution is 5.70. The van der Waals surface area contributed by atoms with E-state index in [9.17, 15) is 9.59 Å². The van der Waals surface area contributed by atoms with E-state index < -0.39 is 12.2 Å². The van der Waals surface area contributed by atoms with Crippen molar-refractivity contribution in [2.24, 2.45) is 0 Å². The molecular formula is C34H62O6. The maximum Gasteiger partial charge on any atom is 0.306 e. The summed E-state index contributed by atoms with van der Waals surface area (Å²) in [6, 6.07) is 0. The quantitative estimate of drug-likeness (QED) is 0.0768. The molecule has 2 rings (SSSR count). The van der Waals surface area contributed by atoms with Crippen molar-refractivity contribution in [3.63, 3.8) is 0 Å². The van der Waals surface area contributed by atoms with Gasteiger partial charge in [0.15, 0.2) is 12.2 Å². The third-order valence-electron chi connectivity index (χ3n) is 8.50. The number of rotatable bonds is 26. The molecule has 0 aromatic carbocycles. The van der Waals surface area contributed by atoms with Crippen LogP contribution in [0.4, 0.5) is 0 Å². The second-order valence-corrected chi connectivity index (χ2v) is 12.2. The lowest BCUT2D eigenvalue weighted by atomic mass is 10.1. The van der Waals surface area contributed by atoms with Crippen molar-refractivity contribution in [2.75, 3.05) is 13.2 Å². The highest BCUT2D eigenvalue weighted by Gasteiger charge is 2.51. The second-order valence-electron chi connectivity index (χ2n) is 12.2. The molecule has 6 nitrogen and oxygen atoms in total. The first-order chi connectivity index (χ1) is 19.7. The average molecular weight is 567 g/mol. The zero-order chi connectivity index (χ0) is 28.7. The summed E-state index contributed by atoms with van der Waals surface area (Å²) in [6.45, 7) is 5.13. The number of hydrogen-bond donors (Lipinski definition) is 0. The Bertz CT molecular complexity index is 584. The van der Waals surface area contributed by atoms with Crippen LogP contribution in [0.1, 0.15) is 168 Å². The number of carbonyl (C=O) groups is 2. The van der Waals surface area contributed by atoms with E-state index >= 15 is 0 Å². The van der Waals surface area contributed by atoms with Gasteiger partial charge < -0.3 is 18.9 Å². The third kappa shape index (κ3) is 15.7. The molecule has 0 bridgehead atoms. The standard InChI is InChI=1S/C34H62O6/c1-3-5-7-9-11-13-15-17-19-21-23-25-31(35)39-29-27-37-34-30(28-38-33(29)34)40-32(36)26-24-22-20-18-16-14-12-10-8-6-4-2/h29-30,33-34H,3-28H2,1-2H3/t29-,30+,33-,34-/m1/s1. The lowest BCUT2D eigenvalue weighted by molar-refractivity contribution is -0.155. The van der Waals surface area contributed by atoms with Crippen LogP contribution in [0.25, 0.3) is 0 Å². The van der Waals surface area contributed by atoms with Gasteiger partial charge in [-0.3, -0.25) is 9.59 Å². The van der Waals surface area contributed by atoms with E-state index in [2.05, 4.69) is 13.8 Å². The Morgan fingerprint density at radius 2 is 0.750 bits per heavy atom. The van der Waals surface area contributed by atoms with Gasteiger partial charge in [-0.15, -0.1) is 0 Å². The van der Waals surface area contributed by atoms with Gasteiger partial charge in [0, 0.05) is 12.8 Å². The Labute approximate surface area is 246 Å². The molecule has 2 saturated heterocycles. The zero-order valence-electron chi connectivity index (χ0n) is 26.1. The minimum absolute atomic E-state index is 0.175. The van der Waals surface area contributed by atoms with Crippen LogP contribution < -0.4 is 0 Å². The lowest BCUT2D eigenvalue weighted by Gasteiger charge is -2.17. The molecule has 0 aromatic heterocycles. The van der Waals surface area contributed by atoms with Gasteiger partial charge in [-0.2, -0.15) is 0 Å². The van der Waals surface area contributed by atoms with E-state index in [1.165, 1.54) is 116 Å². The van der Waals surface area contributed by atoms with E-state index in [1.807, 2.05) is 0 Å². The summed E-state index contributed by atoms with van der Waals surface area (Å²) >= 11 is 0. The molecule has 234 valence electrons. The first-order valence-electron chi connectivity index (χ1n) is 17.3. The summed E-state index contributed by atoms with van der Waals surface area (Å²) in [5.41, 5.74) is 0. The number of esters is 2. The van der Waals surface area contributed by atoms with E-state index in [0.717, 1.165) is 25.7 Å². The number of hydrogen-bond acceptors (Lipinski definition) is 6. The Kier molecular flexibility index (Phi) is 20.5. The summed E-state index contributed by atoms with van der Waals surface area (Å²) in [7, 11) is 0. The molecule has 0 spiro atoms. The molecule has 2 aliphatic rings. The van der Waals surface area contributed by atoms with Crippen molar-refractivity contribution in [2.45, 2.75) is 192 Å². The summed E-state index contributed by atoms with van der Waals surface area (Å²) < 4.78 is 23.1. The third-order valence-corrected chi connectivity index (χ3v) is 8.50. The van der Waals surface area contributed by atoms with Gasteiger partial charge in [-0.05, 0) is 12.8 Å². The predicted molar refractivity (Wildman–Crippen MR) is 161 cm³/mol.